The lowest BCUT2D eigenvalue weighted by molar-refractivity contribution is 0.770. The van der Waals surface area contributed by atoms with Gasteiger partial charge in [-0.25, -0.2) is 4.98 Å². The summed E-state index contributed by atoms with van der Waals surface area (Å²) < 4.78 is 4.41. The molecular formula is C26H21BrN4O. The van der Waals surface area contributed by atoms with Gasteiger partial charge < -0.3 is 4.57 Å². The van der Waals surface area contributed by atoms with Gasteiger partial charge in [-0.2, -0.15) is 9.78 Å². The largest absolute Gasteiger partial charge is 0.342 e. The maximum Gasteiger partial charge on any atom is 0.282 e. The van der Waals surface area contributed by atoms with Gasteiger partial charge in [0.1, 0.15) is 5.82 Å². The zero-order valence-corrected chi connectivity index (χ0v) is 19.4. The van der Waals surface area contributed by atoms with Gasteiger partial charge in [-0.1, -0.05) is 64.0 Å². The van der Waals surface area contributed by atoms with Crippen LogP contribution in [0, 0.1) is 13.8 Å². The summed E-state index contributed by atoms with van der Waals surface area (Å²) in [4.78, 5) is 17.6. The number of halogens is 1. The number of nitrogens with zero attached hydrogens (tertiary/aromatic N) is 4. The predicted octanol–water partition coefficient (Wildman–Crippen LogP) is 5.66. The van der Waals surface area contributed by atoms with E-state index in [1.165, 1.54) is 15.8 Å². The van der Waals surface area contributed by atoms with Gasteiger partial charge in [0.2, 0.25) is 0 Å². The predicted molar refractivity (Wildman–Crippen MR) is 134 cm³/mol. The van der Waals surface area contributed by atoms with Crippen molar-refractivity contribution in [2.24, 2.45) is 5.10 Å². The van der Waals surface area contributed by atoms with E-state index in [-0.39, 0.29) is 5.56 Å². The molecule has 6 heteroatoms. The molecule has 32 heavy (non-hydrogen) atoms. The van der Waals surface area contributed by atoms with Crippen molar-refractivity contribution in [3.05, 3.63) is 110 Å². The van der Waals surface area contributed by atoms with E-state index in [1.54, 1.807) is 19.2 Å². The summed E-state index contributed by atoms with van der Waals surface area (Å²) in [5.74, 6) is 0.546. The molecular weight excluding hydrogens is 464 g/mol. The van der Waals surface area contributed by atoms with Crippen molar-refractivity contribution in [2.45, 2.75) is 20.4 Å². The minimum atomic E-state index is -0.187. The quantitative estimate of drug-likeness (QED) is 0.309. The topological polar surface area (TPSA) is 52.2 Å². The highest BCUT2D eigenvalue weighted by Crippen LogP contribution is 2.22. The highest BCUT2D eigenvalue weighted by atomic mass is 79.9. The lowest BCUT2D eigenvalue weighted by Crippen LogP contribution is -2.20. The third kappa shape index (κ3) is 3.78. The number of rotatable bonds is 4. The number of aryl methyl sites for hydroxylation is 2. The molecule has 0 aliphatic rings. The molecule has 0 amide bonds. The molecule has 0 fully saturated rings. The maximum absolute atomic E-state index is 13.0. The fourth-order valence-electron chi connectivity index (χ4n) is 3.91. The summed E-state index contributed by atoms with van der Waals surface area (Å²) in [6.45, 7) is 4.65. The first-order valence-electron chi connectivity index (χ1n) is 10.4. The van der Waals surface area contributed by atoms with Gasteiger partial charge >= 0.3 is 0 Å². The first-order valence-corrected chi connectivity index (χ1v) is 11.2. The summed E-state index contributed by atoms with van der Waals surface area (Å²) in [7, 11) is 0. The van der Waals surface area contributed by atoms with Gasteiger partial charge in [-0.15, -0.1) is 0 Å². The molecule has 0 saturated carbocycles. The fourth-order valence-corrected chi connectivity index (χ4v) is 4.28. The van der Waals surface area contributed by atoms with Gasteiger partial charge in [0.15, 0.2) is 0 Å². The minimum Gasteiger partial charge on any atom is -0.342 e. The fraction of sp³-hybridized carbons (Fsp3) is 0.115. The molecule has 158 valence electrons. The van der Waals surface area contributed by atoms with Crippen LogP contribution in [0.5, 0.6) is 0 Å². The van der Waals surface area contributed by atoms with E-state index in [2.05, 4.69) is 80.1 Å². The zero-order valence-electron chi connectivity index (χ0n) is 17.8. The highest BCUT2D eigenvalue weighted by molar-refractivity contribution is 9.10. The Morgan fingerprint density at radius 3 is 2.59 bits per heavy atom. The summed E-state index contributed by atoms with van der Waals surface area (Å²) in [5.41, 5.74) is 5.03. The molecule has 5 aromatic rings. The molecule has 0 spiro atoms. The molecule has 0 radical (unpaired) electrons. The Kier molecular flexibility index (Phi) is 5.23. The summed E-state index contributed by atoms with van der Waals surface area (Å²) in [6, 6.07) is 22.3. The van der Waals surface area contributed by atoms with E-state index in [1.807, 2.05) is 24.3 Å². The van der Waals surface area contributed by atoms with E-state index in [9.17, 15) is 4.79 Å². The second-order valence-electron chi connectivity index (χ2n) is 7.90. The highest BCUT2D eigenvalue weighted by Gasteiger charge is 2.10. The van der Waals surface area contributed by atoms with Gasteiger partial charge in [-0.05, 0) is 43.7 Å². The van der Waals surface area contributed by atoms with Crippen LogP contribution in [0.2, 0.25) is 0 Å². The normalized spacial score (nSPS) is 11.7. The lowest BCUT2D eigenvalue weighted by atomic mass is 10.1. The Morgan fingerprint density at radius 1 is 1.00 bits per heavy atom. The number of hydrogen-bond donors (Lipinski definition) is 0. The molecule has 0 aliphatic heterocycles. The van der Waals surface area contributed by atoms with Crippen LogP contribution in [0.25, 0.3) is 21.8 Å². The van der Waals surface area contributed by atoms with Gasteiger partial charge in [0, 0.05) is 33.7 Å². The Balaban J connectivity index is 1.57. The van der Waals surface area contributed by atoms with Crippen molar-refractivity contribution in [3.8, 4) is 0 Å². The summed E-state index contributed by atoms with van der Waals surface area (Å²) in [5, 5.41) is 6.15. The van der Waals surface area contributed by atoms with E-state index in [0.717, 1.165) is 27.5 Å². The van der Waals surface area contributed by atoms with Crippen molar-refractivity contribution in [1.82, 2.24) is 14.2 Å². The monoisotopic (exact) mass is 484 g/mol. The minimum absolute atomic E-state index is 0.187. The van der Waals surface area contributed by atoms with Crippen LogP contribution in [-0.2, 0) is 6.54 Å². The van der Waals surface area contributed by atoms with Crippen LogP contribution in [0.15, 0.2) is 87.3 Å². The Bertz CT molecular complexity index is 1540. The molecule has 2 aromatic heterocycles. The molecule has 3 aromatic carbocycles. The average molecular weight is 485 g/mol. The zero-order chi connectivity index (χ0) is 22.2. The van der Waals surface area contributed by atoms with Crippen molar-refractivity contribution in [3.63, 3.8) is 0 Å². The van der Waals surface area contributed by atoms with Crippen molar-refractivity contribution in [1.29, 1.82) is 0 Å². The van der Waals surface area contributed by atoms with E-state index in [4.69, 9.17) is 0 Å². The van der Waals surface area contributed by atoms with Gasteiger partial charge in [0.25, 0.3) is 5.56 Å². The molecule has 5 nitrogen and oxygen atoms in total. The number of fused-ring (bicyclic) bond motifs is 2. The molecule has 0 unspecified atom stereocenters. The van der Waals surface area contributed by atoms with Gasteiger partial charge in [0.05, 0.1) is 17.1 Å². The van der Waals surface area contributed by atoms with Crippen LogP contribution in [0.3, 0.4) is 0 Å². The first-order chi connectivity index (χ1) is 15.5. The summed E-state index contributed by atoms with van der Waals surface area (Å²) in [6.07, 6.45) is 3.83. The number of aromatic nitrogens is 3. The van der Waals surface area contributed by atoms with E-state index < -0.39 is 0 Å². The molecule has 5 rings (SSSR count). The van der Waals surface area contributed by atoms with Crippen LogP contribution in [-0.4, -0.2) is 20.4 Å². The smallest absolute Gasteiger partial charge is 0.282 e. The standard InChI is InChI=1S/C26H21BrN4O/c1-17-7-9-19(10-8-17)15-30-16-20(22-5-3-4-6-25(22)30)14-28-31-18(2)29-24-12-11-21(27)13-23(24)26(31)32/h3-14,16H,15H2,1-2H3. The molecule has 0 aliphatic carbocycles. The molecule has 0 N–H and O–H groups in total. The van der Waals surface area contributed by atoms with Crippen LogP contribution < -0.4 is 5.56 Å². The SMILES string of the molecule is Cc1ccc(Cn2cc(C=Nn3c(C)nc4ccc(Br)cc4c3=O)c3ccccc32)cc1. The number of benzene rings is 3. The second-order valence-corrected chi connectivity index (χ2v) is 8.81. The first kappa shape index (κ1) is 20.4. The summed E-state index contributed by atoms with van der Waals surface area (Å²) >= 11 is 3.43. The van der Waals surface area contributed by atoms with Crippen molar-refractivity contribution in [2.75, 3.05) is 0 Å². The maximum atomic E-state index is 13.0. The molecule has 0 bridgehead atoms. The van der Waals surface area contributed by atoms with Crippen molar-refractivity contribution >= 4 is 44.0 Å². The number of para-hydroxylation sites is 1. The molecule has 0 atom stereocenters. The van der Waals surface area contributed by atoms with Crippen molar-refractivity contribution < 1.29 is 0 Å². The van der Waals surface area contributed by atoms with Crippen LogP contribution >= 0.6 is 15.9 Å². The van der Waals surface area contributed by atoms with Crippen LogP contribution in [0.1, 0.15) is 22.5 Å². The van der Waals surface area contributed by atoms with E-state index >= 15 is 0 Å². The van der Waals surface area contributed by atoms with Crippen LogP contribution in [0.4, 0.5) is 0 Å². The molecule has 2 heterocycles. The Labute approximate surface area is 193 Å². The Hall–Kier alpha value is -3.51. The lowest BCUT2D eigenvalue weighted by Gasteiger charge is -2.06. The second kappa shape index (κ2) is 8.20. The Morgan fingerprint density at radius 2 is 1.78 bits per heavy atom. The molecule has 0 saturated heterocycles. The average Bonchev–Trinajstić information content (AvgIpc) is 3.13. The number of hydrogen-bond acceptors (Lipinski definition) is 3. The van der Waals surface area contributed by atoms with E-state index in [0.29, 0.717) is 16.7 Å². The third-order valence-corrected chi connectivity index (χ3v) is 6.07. The van der Waals surface area contributed by atoms with Gasteiger partial charge in [-0.3, -0.25) is 4.79 Å². The third-order valence-electron chi connectivity index (χ3n) is 5.58.